The second kappa shape index (κ2) is 4.00. The Hall–Kier alpha value is -0.0400. The Labute approximate surface area is 81.9 Å². The van der Waals surface area contributed by atoms with Crippen LogP contribution in [0.2, 0.25) is 0 Å². The monoisotopic (exact) mass is 182 g/mol. The highest BCUT2D eigenvalue weighted by atomic mass is 16.6. The highest BCUT2D eigenvalue weighted by Crippen LogP contribution is 2.46. The average molecular weight is 182 g/mol. The first-order valence-corrected chi connectivity index (χ1v) is 5.96. The van der Waals surface area contributed by atoms with E-state index in [9.17, 15) is 0 Å². The van der Waals surface area contributed by atoms with Gasteiger partial charge in [-0.15, -0.1) is 0 Å². The van der Waals surface area contributed by atoms with Gasteiger partial charge in [-0.3, -0.25) is 0 Å². The summed E-state index contributed by atoms with van der Waals surface area (Å²) in [4.78, 5) is 0. The van der Waals surface area contributed by atoms with Crippen LogP contribution in [-0.2, 0) is 4.74 Å². The maximum absolute atomic E-state index is 5.66. The van der Waals surface area contributed by atoms with Crippen molar-refractivity contribution in [2.24, 2.45) is 11.8 Å². The third-order valence-corrected chi connectivity index (χ3v) is 3.59. The summed E-state index contributed by atoms with van der Waals surface area (Å²) in [6.07, 6.45) is 9.53. The highest BCUT2D eigenvalue weighted by molar-refractivity contribution is 4.93. The Morgan fingerprint density at radius 1 is 1.23 bits per heavy atom. The molecule has 1 aliphatic carbocycles. The molecular weight excluding hydrogens is 160 g/mol. The van der Waals surface area contributed by atoms with E-state index in [2.05, 4.69) is 13.8 Å². The van der Waals surface area contributed by atoms with Crippen LogP contribution in [0.5, 0.6) is 0 Å². The summed E-state index contributed by atoms with van der Waals surface area (Å²) in [6, 6.07) is 0. The van der Waals surface area contributed by atoms with Crippen LogP contribution in [0.1, 0.15) is 52.4 Å². The lowest BCUT2D eigenvalue weighted by molar-refractivity contribution is 0.346. The number of unbranched alkanes of at least 4 members (excludes halogenated alkanes) is 2. The van der Waals surface area contributed by atoms with Gasteiger partial charge in [0.1, 0.15) is 0 Å². The second-order valence-electron chi connectivity index (χ2n) is 4.92. The van der Waals surface area contributed by atoms with E-state index in [0.29, 0.717) is 12.2 Å². The lowest BCUT2D eigenvalue weighted by atomic mass is 10.1. The number of hydrogen-bond donors (Lipinski definition) is 0. The van der Waals surface area contributed by atoms with Crippen molar-refractivity contribution in [3.63, 3.8) is 0 Å². The lowest BCUT2D eigenvalue weighted by Crippen LogP contribution is -1.96. The fraction of sp³-hybridized carbons (Fsp3) is 1.00. The zero-order valence-electron chi connectivity index (χ0n) is 8.96. The van der Waals surface area contributed by atoms with Crippen molar-refractivity contribution < 1.29 is 4.74 Å². The van der Waals surface area contributed by atoms with Crippen molar-refractivity contribution in [1.29, 1.82) is 0 Å². The molecule has 4 atom stereocenters. The standard InChI is InChI=1S/C12H22O/c1-3-4-5-6-11-12(13-11)8-10-7-9(10)2/h9-12H,3-8H2,1-2H3. The molecule has 2 rings (SSSR count). The van der Waals surface area contributed by atoms with Crippen LogP contribution in [0.4, 0.5) is 0 Å². The lowest BCUT2D eigenvalue weighted by Gasteiger charge is -1.94. The summed E-state index contributed by atoms with van der Waals surface area (Å²) in [6.45, 7) is 4.62. The molecule has 1 saturated carbocycles. The van der Waals surface area contributed by atoms with Crippen LogP contribution < -0.4 is 0 Å². The van der Waals surface area contributed by atoms with Gasteiger partial charge in [-0.05, 0) is 31.1 Å². The van der Waals surface area contributed by atoms with Crippen LogP contribution in [0, 0.1) is 11.8 Å². The van der Waals surface area contributed by atoms with Crippen LogP contribution in [0.25, 0.3) is 0 Å². The molecule has 4 unspecified atom stereocenters. The zero-order chi connectivity index (χ0) is 9.26. The molecule has 2 fully saturated rings. The van der Waals surface area contributed by atoms with Gasteiger partial charge in [0.15, 0.2) is 0 Å². The molecule has 1 aliphatic heterocycles. The number of rotatable bonds is 6. The quantitative estimate of drug-likeness (QED) is 0.453. The normalized spacial score (nSPS) is 42.0. The van der Waals surface area contributed by atoms with E-state index in [1.807, 2.05) is 0 Å². The SMILES string of the molecule is CCCCCC1OC1CC1CC1C. The molecular formula is C12H22O. The van der Waals surface area contributed by atoms with Gasteiger partial charge in [-0.2, -0.15) is 0 Å². The first kappa shape index (κ1) is 9.51. The molecule has 1 heterocycles. The predicted octanol–water partition coefficient (Wildman–Crippen LogP) is 3.38. The smallest absolute Gasteiger partial charge is 0.0844 e. The largest absolute Gasteiger partial charge is 0.370 e. The molecule has 0 amide bonds. The zero-order valence-corrected chi connectivity index (χ0v) is 8.96. The summed E-state index contributed by atoms with van der Waals surface area (Å²) < 4.78 is 5.66. The van der Waals surface area contributed by atoms with Gasteiger partial charge in [-0.25, -0.2) is 0 Å². The molecule has 2 aliphatic rings. The minimum atomic E-state index is 0.652. The average Bonchev–Trinajstić information content (AvgIpc) is 2.97. The van der Waals surface area contributed by atoms with E-state index in [-0.39, 0.29) is 0 Å². The summed E-state index contributed by atoms with van der Waals surface area (Å²) in [5.41, 5.74) is 0. The van der Waals surface area contributed by atoms with Crippen LogP contribution in [0.3, 0.4) is 0 Å². The molecule has 76 valence electrons. The molecule has 0 spiro atoms. The first-order valence-electron chi connectivity index (χ1n) is 5.96. The predicted molar refractivity (Wildman–Crippen MR) is 54.7 cm³/mol. The molecule has 0 radical (unpaired) electrons. The minimum absolute atomic E-state index is 0.652. The van der Waals surface area contributed by atoms with Gasteiger partial charge in [0, 0.05) is 0 Å². The van der Waals surface area contributed by atoms with Gasteiger partial charge in [0.05, 0.1) is 12.2 Å². The molecule has 0 bridgehead atoms. The summed E-state index contributed by atoms with van der Waals surface area (Å²) in [5, 5.41) is 0. The van der Waals surface area contributed by atoms with Gasteiger partial charge in [0.25, 0.3) is 0 Å². The van der Waals surface area contributed by atoms with Gasteiger partial charge in [0.2, 0.25) is 0 Å². The molecule has 0 aromatic carbocycles. The van der Waals surface area contributed by atoms with E-state index in [1.54, 1.807) is 0 Å². The third-order valence-electron chi connectivity index (χ3n) is 3.59. The van der Waals surface area contributed by atoms with E-state index < -0.39 is 0 Å². The molecule has 0 aromatic rings. The third kappa shape index (κ3) is 2.70. The van der Waals surface area contributed by atoms with Gasteiger partial charge >= 0.3 is 0 Å². The molecule has 1 saturated heterocycles. The fourth-order valence-electron chi connectivity index (χ4n) is 2.26. The Balaban J connectivity index is 1.50. The Kier molecular flexibility index (Phi) is 2.92. The van der Waals surface area contributed by atoms with E-state index >= 15 is 0 Å². The van der Waals surface area contributed by atoms with E-state index in [1.165, 1.54) is 38.5 Å². The highest BCUT2D eigenvalue weighted by Gasteiger charge is 2.44. The van der Waals surface area contributed by atoms with Crippen molar-refractivity contribution in [1.82, 2.24) is 0 Å². The molecule has 1 heteroatoms. The molecule has 0 N–H and O–H groups in total. The van der Waals surface area contributed by atoms with Gasteiger partial charge < -0.3 is 4.74 Å². The minimum Gasteiger partial charge on any atom is -0.370 e. The molecule has 0 aromatic heterocycles. The fourth-order valence-corrected chi connectivity index (χ4v) is 2.26. The van der Waals surface area contributed by atoms with Crippen LogP contribution in [-0.4, -0.2) is 12.2 Å². The first-order chi connectivity index (χ1) is 6.31. The Morgan fingerprint density at radius 3 is 2.62 bits per heavy atom. The van der Waals surface area contributed by atoms with Crippen molar-refractivity contribution in [2.45, 2.75) is 64.6 Å². The van der Waals surface area contributed by atoms with Gasteiger partial charge in [-0.1, -0.05) is 33.1 Å². The van der Waals surface area contributed by atoms with Crippen LogP contribution in [0.15, 0.2) is 0 Å². The number of hydrogen-bond acceptors (Lipinski definition) is 1. The summed E-state index contributed by atoms with van der Waals surface area (Å²) in [5.74, 6) is 2.02. The molecule has 1 nitrogen and oxygen atoms in total. The summed E-state index contributed by atoms with van der Waals surface area (Å²) in [7, 11) is 0. The second-order valence-corrected chi connectivity index (χ2v) is 4.92. The van der Waals surface area contributed by atoms with Crippen molar-refractivity contribution >= 4 is 0 Å². The Morgan fingerprint density at radius 2 is 2.00 bits per heavy atom. The Bertz CT molecular complexity index is 167. The van der Waals surface area contributed by atoms with Crippen molar-refractivity contribution in [3.05, 3.63) is 0 Å². The van der Waals surface area contributed by atoms with Crippen LogP contribution >= 0.6 is 0 Å². The van der Waals surface area contributed by atoms with Crippen molar-refractivity contribution in [3.8, 4) is 0 Å². The summed E-state index contributed by atoms with van der Waals surface area (Å²) >= 11 is 0. The molecule has 13 heavy (non-hydrogen) atoms. The van der Waals surface area contributed by atoms with E-state index in [4.69, 9.17) is 4.74 Å². The maximum Gasteiger partial charge on any atom is 0.0844 e. The van der Waals surface area contributed by atoms with Crippen molar-refractivity contribution in [2.75, 3.05) is 0 Å². The number of epoxide rings is 1. The topological polar surface area (TPSA) is 12.5 Å². The maximum atomic E-state index is 5.66. The van der Waals surface area contributed by atoms with E-state index in [0.717, 1.165) is 11.8 Å². The number of ether oxygens (including phenoxy) is 1.